The summed E-state index contributed by atoms with van der Waals surface area (Å²) in [5, 5.41) is 5.45. The summed E-state index contributed by atoms with van der Waals surface area (Å²) < 4.78 is 5.09. The Bertz CT molecular complexity index is 668. The molecule has 0 atom stereocenters. The van der Waals surface area contributed by atoms with Gasteiger partial charge in [-0.25, -0.2) is 0 Å². The van der Waals surface area contributed by atoms with Gasteiger partial charge >= 0.3 is 0 Å². The van der Waals surface area contributed by atoms with Crippen molar-refractivity contribution in [2.75, 3.05) is 17.7 Å². The van der Waals surface area contributed by atoms with Crippen molar-refractivity contribution in [2.45, 2.75) is 6.92 Å². The second-order valence-electron chi connectivity index (χ2n) is 4.41. The van der Waals surface area contributed by atoms with Gasteiger partial charge in [-0.05, 0) is 30.3 Å². The minimum atomic E-state index is -0.272. The minimum absolute atomic E-state index is 0.196. The lowest BCUT2D eigenvalue weighted by Crippen LogP contribution is -2.15. The Kier molecular flexibility index (Phi) is 4.56. The number of anilines is 2. The predicted molar refractivity (Wildman–Crippen MR) is 81.7 cm³/mol. The second kappa shape index (κ2) is 6.56. The molecule has 0 aliphatic rings. The van der Waals surface area contributed by atoms with Gasteiger partial charge in [0.25, 0.3) is 5.91 Å². The van der Waals surface area contributed by atoms with Crippen LogP contribution in [0.1, 0.15) is 17.3 Å². The predicted octanol–water partition coefficient (Wildman–Crippen LogP) is 2.91. The number of carbonyl (C=O) groups excluding carboxylic acids is 2. The first-order valence-electron chi connectivity index (χ1n) is 6.42. The number of nitrogens with one attached hydrogen (secondary N) is 2. The van der Waals surface area contributed by atoms with Crippen molar-refractivity contribution in [2.24, 2.45) is 0 Å². The van der Waals surface area contributed by atoms with Crippen molar-refractivity contribution in [1.82, 2.24) is 0 Å². The van der Waals surface area contributed by atoms with Crippen molar-refractivity contribution in [1.29, 1.82) is 0 Å². The van der Waals surface area contributed by atoms with Crippen LogP contribution >= 0.6 is 0 Å². The maximum atomic E-state index is 12.2. The summed E-state index contributed by atoms with van der Waals surface area (Å²) in [6.45, 7) is 1.42. The van der Waals surface area contributed by atoms with Gasteiger partial charge in [-0.15, -0.1) is 0 Å². The maximum Gasteiger partial charge on any atom is 0.255 e. The molecule has 0 unspecified atom stereocenters. The van der Waals surface area contributed by atoms with Crippen LogP contribution < -0.4 is 15.4 Å². The highest BCUT2D eigenvalue weighted by Crippen LogP contribution is 2.22. The van der Waals surface area contributed by atoms with Gasteiger partial charge in [0, 0.05) is 12.5 Å². The number of rotatable bonds is 4. The van der Waals surface area contributed by atoms with E-state index in [4.69, 9.17) is 4.74 Å². The number of methoxy groups -OCH3 is 1. The molecule has 0 radical (unpaired) electrons. The van der Waals surface area contributed by atoms with Crippen LogP contribution in [0.2, 0.25) is 0 Å². The number of carbonyl (C=O) groups is 2. The van der Waals surface area contributed by atoms with Gasteiger partial charge in [-0.2, -0.15) is 0 Å². The fourth-order valence-corrected chi connectivity index (χ4v) is 1.85. The summed E-state index contributed by atoms with van der Waals surface area (Å²) in [5.74, 6) is 0.141. The van der Waals surface area contributed by atoms with Crippen LogP contribution in [0.25, 0.3) is 0 Å². The average Bonchev–Trinajstić information content (AvgIpc) is 2.48. The molecular formula is C16H16N2O3. The highest BCUT2D eigenvalue weighted by molar-refractivity contribution is 6.07. The molecule has 2 rings (SSSR count). The Morgan fingerprint density at radius 2 is 1.62 bits per heavy atom. The Hall–Kier alpha value is -2.82. The number of para-hydroxylation sites is 2. The van der Waals surface area contributed by atoms with Gasteiger partial charge in [0.1, 0.15) is 5.75 Å². The zero-order valence-electron chi connectivity index (χ0n) is 11.8. The van der Waals surface area contributed by atoms with E-state index in [0.717, 1.165) is 0 Å². The lowest BCUT2D eigenvalue weighted by Gasteiger charge is -2.11. The van der Waals surface area contributed by atoms with Gasteiger partial charge in [0.05, 0.1) is 18.5 Å². The summed E-state index contributed by atoms with van der Waals surface area (Å²) in [7, 11) is 1.54. The van der Waals surface area contributed by atoms with E-state index < -0.39 is 0 Å². The normalized spacial score (nSPS) is 9.81. The number of hydrogen-bond acceptors (Lipinski definition) is 3. The second-order valence-corrected chi connectivity index (χ2v) is 4.41. The molecule has 0 aromatic heterocycles. The fraction of sp³-hybridized carbons (Fsp3) is 0.125. The molecule has 108 valence electrons. The van der Waals surface area contributed by atoms with Crippen molar-refractivity contribution >= 4 is 23.2 Å². The van der Waals surface area contributed by atoms with Crippen molar-refractivity contribution in [3.05, 3.63) is 54.1 Å². The first-order chi connectivity index (χ1) is 10.1. The van der Waals surface area contributed by atoms with E-state index in [9.17, 15) is 9.59 Å². The molecule has 0 aliphatic carbocycles. The first-order valence-corrected chi connectivity index (χ1v) is 6.42. The van der Waals surface area contributed by atoms with E-state index in [0.29, 0.717) is 22.7 Å². The molecule has 2 N–H and O–H groups in total. The van der Waals surface area contributed by atoms with E-state index in [-0.39, 0.29) is 11.8 Å². The Labute approximate surface area is 122 Å². The monoisotopic (exact) mass is 284 g/mol. The van der Waals surface area contributed by atoms with E-state index in [1.807, 2.05) is 0 Å². The van der Waals surface area contributed by atoms with E-state index in [1.54, 1.807) is 55.6 Å². The first kappa shape index (κ1) is 14.6. The standard InChI is InChI=1S/C16H16N2O3/c1-11(19)17-14-8-3-4-9-15(14)18-16(20)12-6-5-7-13(10-12)21-2/h3-10H,1-2H3,(H,17,19)(H,18,20). The number of hydrogen-bond donors (Lipinski definition) is 2. The SMILES string of the molecule is COc1cccc(C(=O)Nc2ccccc2NC(C)=O)c1. The van der Waals surface area contributed by atoms with E-state index in [2.05, 4.69) is 10.6 Å². The summed E-state index contributed by atoms with van der Waals surface area (Å²) in [6.07, 6.45) is 0. The zero-order valence-corrected chi connectivity index (χ0v) is 11.8. The summed E-state index contributed by atoms with van der Waals surface area (Å²) in [6, 6.07) is 13.9. The molecule has 0 bridgehead atoms. The molecule has 2 amide bonds. The van der Waals surface area contributed by atoms with Crippen LogP contribution in [-0.2, 0) is 4.79 Å². The molecule has 2 aromatic carbocycles. The third kappa shape index (κ3) is 3.82. The van der Waals surface area contributed by atoms with Crippen molar-refractivity contribution in [3.63, 3.8) is 0 Å². The third-order valence-corrected chi connectivity index (χ3v) is 2.82. The van der Waals surface area contributed by atoms with Crippen LogP contribution in [-0.4, -0.2) is 18.9 Å². The molecule has 0 saturated heterocycles. The molecule has 5 heteroatoms. The zero-order chi connectivity index (χ0) is 15.2. The van der Waals surface area contributed by atoms with Gasteiger partial charge < -0.3 is 15.4 Å². The average molecular weight is 284 g/mol. The van der Waals surface area contributed by atoms with Crippen LogP contribution in [0.4, 0.5) is 11.4 Å². The summed E-state index contributed by atoms with van der Waals surface area (Å²) in [4.78, 5) is 23.4. The van der Waals surface area contributed by atoms with E-state index in [1.165, 1.54) is 6.92 Å². The van der Waals surface area contributed by atoms with Gasteiger partial charge in [0.15, 0.2) is 0 Å². The molecular weight excluding hydrogens is 268 g/mol. The van der Waals surface area contributed by atoms with Gasteiger partial charge in [0.2, 0.25) is 5.91 Å². The number of ether oxygens (including phenoxy) is 1. The molecule has 0 spiro atoms. The molecule has 21 heavy (non-hydrogen) atoms. The van der Waals surface area contributed by atoms with Crippen molar-refractivity contribution < 1.29 is 14.3 Å². The van der Waals surface area contributed by atoms with Crippen molar-refractivity contribution in [3.8, 4) is 5.75 Å². The molecule has 2 aromatic rings. The highest BCUT2D eigenvalue weighted by atomic mass is 16.5. The summed E-state index contributed by atoms with van der Waals surface area (Å²) in [5.41, 5.74) is 1.58. The molecule has 0 aliphatic heterocycles. The molecule has 0 heterocycles. The largest absolute Gasteiger partial charge is 0.497 e. The Morgan fingerprint density at radius 3 is 2.24 bits per heavy atom. The fourth-order valence-electron chi connectivity index (χ4n) is 1.85. The Balaban J connectivity index is 2.21. The quantitative estimate of drug-likeness (QED) is 0.907. The number of amides is 2. The number of benzene rings is 2. The topological polar surface area (TPSA) is 67.4 Å². The minimum Gasteiger partial charge on any atom is -0.497 e. The van der Waals surface area contributed by atoms with Crippen LogP contribution in [0.3, 0.4) is 0 Å². The summed E-state index contributed by atoms with van der Waals surface area (Å²) >= 11 is 0. The van der Waals surface area contributed by atoms with Crippen LogP contribution in [0.5, 0.6) is 5.75 Å². The lowest BCUT2D eigenvalue weighted by molar-refractivity contribution is -0.114. The maximum absolute atomic E-state index is 12.2. The lowest BCUT2D eigenvalue weighted by atomic mass is 10.2. The van der Waals surface area contributed by atoms with Crippen LogP contribution in [0, 0.1) is 0 Å². The highest BCUT2D eigenvalue weighted by Gasteiger charge is 2.10. The molecule has 0 saturated carbocycles. The van der Waals surface area contributed by atoms with Crippen LogP contribution in [0.15, 0.2) is 48.5 Å². The third-order valence-electron chi connectivity index (χ3n) is 2.82. The smallest absolute Gasteiger partial charge is 0.255 e. The van der Waals surface area contributed by atoms with Gasteiger partial charge in [-0.3, -0.25) is 9.59 Å². The molecule has 0 fully saturated rings. The van der Waals surface area contributed by atoms with Gasteiger partial charge in [-0.1, -0.05) is 18.2 Å². The van der Waals surface area contributed by atoms with E-state index >= 15 is 0 Å². The molecule has 5 nitrogen and oxygen atoms in total. The Morgan fingerprint density at radius 1 is 0.952 bits per heavy atom.